The van der Waals surface area contributed by atoms with E-state index in [2.05, 4.69) is 16.5 Å². The Morgan fingerprint density at radius 1 is 1.36 bits per heavy atom. The van der Waals surface area contributed by atoms with Crippen molar-refractivity contribution in [1.82, 2.24) is 4.98 Å². The molecule has 74 valence electrons. The molecule has 1 aromatic rings. The molecule has 14 heavy (non-hydrogen) atoms. The Balaban J connectivity index is 2.16. The summed E-state index contributed by atoms with van der Waals surface area (Å²) in [7, 11) is 0. The van der Waals surface area contributed by atoms with Crippen molar-refractivity contribution in [1.29, 1.82) is 0 Å². The zero-order valence-electron chi connectivity index (χ0n) is 8.04. The summed E-state index contributed by atoms with van der Waals surface area (Å²) in [6, 6.07) is 3.74. The van der Waals surface area contributed by atoms with Crippen LogP contribution in [0.2, 0.25) is 5.02 Å². The number of nitrogens with zero attached hydrogens (tertiary/aromatic N) is 2. The smallest absolute Gasteiger partial charge is 0.147 e. The van der Waals surface area contributed by atoms with E-state index in [-0.39, 0.29) is 0 Å². The first-order valence-corrected chi connectivity index (χ1v) is 5.17. The molecule has 0 radical (unpaired) electrons. The normalized spacial score (nSPS) is 17.2. The molecule has 0 atom stereocenters. The minimum atomic E-state index is 0.736. The number of anilines is 1. The van der Waals surface area contributed by atoms with E-state index in [1.807, 2.05) is 12.1 Å². The SMILES string of the molecule is C=C1CCN(c2ncccc2Cl)CC1. The van der Waals surface area contributed by atoms with Gasteiger partial charge in [-0.1, -0.05) is 23.8 Å². The van der Waals surface area contributed by atoms with Gasteiger partial charge in [-0.05, 0) is 25.0 Å². The summed E-state index contributed by atoms with van der Waals surface area (Å²) >= 11 is 6.07. The van der Waals surface area contributed by atoms with Crippen LogP contribution >= 0.6 is 11.6 Å². The second-order valence-electron chi connectivity index (χ2n) is 3.55. The van der Waals surface area contributed by atoms with E-state index in [0.29, 0.717) is 0 Å². The van der Waals surface area contributed by atoms with Crippen LogP contribution in [-0.4, -0.2) is 18.1 Å². The van der Waals surface area contributed by atoms with E-state index in [0.717, 1.165) is 36.8 Å². The number of aromatic nitrogens is 1. The topological polar surface area (TPSA) is 16.1 Å². The van der Waals surface area contributed by atoms with Crippen LogP contribution in [0.15, 0.2) is 30.5 Å². The fourth-order valence-electron chi connectivity index (χ4n) is 1.64. The summed E-state index contributed by atoms with van der Waals surface area (Å²) in [6.07, 6.45) is 3.88. The Labute approximate surface area is 89.2 Å². The third-order valence-electron chi connectivity index (χ3n) is 2.51. The average Bonchev–Trinajstić information content (AvgIpc) is 2.20. The lowest BCUT2D eigenvalue weighted by Gasteiger charge is -2.29. The molecule has 1 aromatic heterocycles. The molecule has 1 aliphatic heterocycles. The molecule has 1 fully saturated rings. The summed E-state index contributed by atoms with van der Waals surface area (Å²) in [5.74, 6) is 0.904. The molecule has 0 bridgehead atoms. The maximum Gasteiger partial charge on any atom is 0.147 e. The van der Waals surface area contributed by atoms with E-state index < -0.39 is 0 Å². The molecule has 0 amide bonds. The third-order valence-corrected chi connectivity index (χ3v) is 2.80. The number of pyridine rings is 1. The molecule has 0 saturated carbocycles. The number of halogens is 1. The van der Waals surface area contributed by atoms with Gasteiger partial charge in [0, 0.05) is 19.3 Å². The molecule has 2 rings (SSSR count). The second kappa shape index (κ2) is 4.01. The quantitative estimate of drug-likeness (QED) is 0.660. The second-order valence-corrected chi connectivity index (χ2v) is 3.95. The molecule has 0 N–H and O–H groups in total. The van der Waals surface area contributed by atoms with Crippen molar-refractivity contribution in [3.05, 3.63) is 35.5 Å². The molecule has 2 nitrogen and oxygen atoms in total. The lowest BCUT2D eigenvalue weighted by Crippen LogP contribution is -2.31. The maximum atomic E-state index is 6.07. The molecule has 1 saturated heterocycles. The van der Waals surface area contributed by atoms with Gasteiger partial charge in [-0.25, -0.2) is 4.98 Å². The van der Waals surface area contributed by atoms with Gasteiger partial charge in [-0.15, -0.1) is 0 Å². The highest BCUT2D eigenvalue weighted by atomic mass is 35.5. The van der Waals surface area contributed by atoms with Gasteiger partial charge in [0.05, 0.1) is 5.02 Å². The molecule has 1 aliphatic rings. The summed E-state index contributed by atoms with van der Waals surface area (Å²) < 4.78 is 0. The third kappa shape index (κ3) is 1.90. The first kappa shape index (κ1) is 9.53. The van der Waals surface area contributed by atoms with Gasteiger partial charge in [0.2, 0.25) is 0 Å². The standard InChI is InChI=1S/C11H13ClN2/c1-9-4-7-14(8-5-9)11-10(12)3-2-6-13-11/h2-3,6H,1,4-5,7-8H2. The number of piperidine rings is 1. The van der Waals surface area contributed by atoms with Crippen LogP contribution < -0.4 is 4.90 Å². The summed E-state index contributed by atoms with van der Waals surface area (Å²) in [4.78, 5) is 6.51. The predicted octanol–water partition coefficient (Wildman–Crippen LogP) is 2.89. The summed E-state index contributed by atoms with van der Waals surface area (Å²) in [6.45, 7) is 5.95. The maximum absolute atomic E-state index is 6.07. The van der Waals surface area contributed by atoms with Crippen LogP contribution in [0.4, 0.5) is 5.82 Å². The Hall–Kier alpha value is -1.02. The monoisotopic (exact) mass is 208 g/mol. The molecule has 0 unspecified atom stereocenters. The average molecular weight is 209 g/mol. The van der Waals surface area contributed by atoms with Crippen molar-refractivity contribution in [2.24, 2.45) is 0 Å². The number of rotatable bonds is 1. The molecular formula is C11H13ClN2. The molecule has 0 aromatic carbocycles. The van der Waals surface area contributed by atoms with E-state index in [1.54, 1.807) is 6.20 Å². The van der Waals surface area contributed by atoms with Gasteiger partial charge >= 0.3 is 0 Å². The summed E-state index contributed by atoms with van der Waals surface area (Å²) in [5.41, 5.74) is 1.33. The van der Waals surface area contributed by atoms with Gasteiger partial charge in [-0.2, -0.15) is 0 Å². The van der Waals surface area contributed by atoms with Gasteiger partial charge < -0.3 is 4.90 Å². The highest BCUT2D eigenvalue weighted by Gasteiger charge is 2.15. The minimum absolute atomic E-state index is 0.736. The van der Waals surface area contributed by atoms with Crippen LogP contribution in [0.3, 0.4) is 0 Å². The fraction of sp³-hybridized carbons (Fsp3) is 0.364. The van der Waals surface area contributed by atoms with Crippen molar-refractivity contribution in [2.45, 2.75) is 12.8 Å². The van der Waals surface area contributed by atoms with E-state index in [4.69, 9.17) is 11.6 Å². The van der Waals surface area contributed by atoms with Crippen LogP contribution in [0.1, 0.15) is 12.8 Å². The van der Waals surface area contributed by atoms with Crippen LogP contribution in [0.5, 0.6) is 0 Å². The Morgan fingerprint density at radius 2 is 2.07 bits per heavy atom. The highest BCUT2D eigenvalue weighted by molar-refractivity contribution is 6.32. The number of hydrogen-bond acceptors (Lipinski definition) is 2. The molecule has 0 aliphatic carbocycles. The van der Waals surface area contributed by atoms with Crippen molar-refractivity contribution in [3.63, 3.8) is 0 Å². The molecule has 2 heterocycles. The van der Waals surface area contributed by atoms with Crippen molar-refractivity contribution in [3.8, 4) is 0 Å². The first-order chi connectivity index (χ1) is 6.77. The van der Waals surface area contributed by atoms with E-state index in [9.17, 15) is 0 Å². The van der Waals surface area contributed by atoms with Gasteiger partial charge in [0.1, 0.15) is 5.82 Å². The molecule has 0 spiro atoms. The lowest BCUT2D eigenvalue weighted by molar-refractivity contribution is 0.679. The Morgan fingerprint density at radius 3 is 2.71 bits per heavy atom. The fourth-order valence-corrected chi connectivity index (χ4v) is 1.89. The van der Waals surface area contributed by atoms with Crippen LogP contribution in [-0.2, 0) is 0 Å². The van der Waals surface area contributed by atoms with Crippen molar-refractivity contribution < 1.29 is 0 Å². The van der Waals surface area contributed by atoms with E-state index >= 15 is 0 Å². The first-order valence-electron chi connectivity index (χ1n) is 4.79. The highest BCUT2D eigenvalue weighted by Crippen LogP contribution is 2.26. The van der Waals surface area contributed by atoms with Crippen molar-refractivity contribution >= 4 is 17.4 Å². The Kier molecular flexibility index (Phi) is 2.73. The Bertz CT molecular complexity index is 339. The minimum Gasteiger partial charge on any atom is -0.355 e. The predicted molar refractivity (Wildman–Crippen MR) is 59.8 cm³/mol. The lowest BCUT2D eigenvalue weighted by atomic mass is 10.1. The van der Waals surface area contributed by atoms with Gasteiger partial charge in [0.25, 0.3) is 0 Å². The van der Waals surface area contributed by atoms with E-state index in [1.165, 1.54) is 5.57 Å². The van der Waals surface area contributed by atoms with Crippen molar-refractivity contribution in [2.75, 3.05) is 18.0 Å². The summed E-state index contributed by atoms with van der Waals surface area (Å²) in [5, 5.41) is 0.736. The van der Waals surface area contributed by atoms with Crippen LogP contribution in [0.25, 0.3) is 0 Å². The molecule has 3 heteroatoms. The zero-order valence-corrected chi connectivity index (χ0v) is 8.80. The van der Waals surface area contributed by atoms with Crippen LogP contribution in [0, 0.1) is 0 Å². The number of hydrogen-bond donors (Lipinski definition) is 0. The zero-order chi connectivity index (χ0) is 9.97. The van der Waals surface area contributed by atoms with Gasteiger partial charge in [-0.3, -0.25) is 0 Å². The molecular weight excluding hydrogens is 196 g/mol. The van der Waals surface area contributed by atoms with Gasteiger partial charge in [0.15, 0.2) is 0 Å². The largest absolute Gasteiger partial charge is 0.355 e.